The van der Waals surface area contributed by atoms with Crippen molar-refractivity contribution in [3.63, 3.8) is 0 Å². The highest BCUT2D eigenvalue weighted by molar-refractivity contribution is 7.98. The zero-order valence-electron chi connectivity index (χ0n) is 10.7. The van der Waals surface area contributed by atoms with Gasteiger partial charge in [0.05, 0.1) is 6.04 Å². The second-order valence-corrected chi connectivity index (χ2v) is 6.50. The lowest BCUT2D eigenvalue weighted by molar-refractivity contribution is -0.133. The summed E-state index contributed by atoms with van der Waals surface area (Å²) in [5.41, 5.74) is 5.99. The third-order valence-electron chi connectivity index (χ3n) is 3.61. The summed E-state index contributed by atoms with van der Waals surface area (Å²) in [5.74, 6) is 2.71. The molecule has 0 radical (unpaired) electrons. The second-order valence-electron chi connectivity index (χ2n) is 5.52. The van der Waals surface area contributed by atoms with Crippen molar-refractivity contribution in [1.82, 2.24) is 4.90 Å². The zero-order valence-corrected chi connectivity index (χ0v) is 11.5. The van der Waals surface area contributed by atoms with Crippen molar-refractivity contribution in [3.8, 4) is 0 Å². The summed E-state index contributed by atoms with van der Waals surface area (Å²) in [4.78, 5) is 14.3. The first-order valence-electron chi connectivity index (χ1n) is 6.74. The van der Waals surface area contributed by atoms with Crippen molar-refractivity contribution in [1.29, 1.82) is 0 Å². The van der Waals surface area contributed by atoms with Crippen LogP contribution in [0.15, 0.2) is 0 Å². The molecule has 2 rings (SSSR count). The Bertz CT molecular complexity index is 250. The van der Waals surface area contributed by atoms with Crippen LogP contribution in [0.25, 0.3) is 0 Å². The summed E-state index contributed by atoms with van der Waals surface area (Å²) in [5, 5.41) is 0. The van der Waals surface area contributed by atoms with Crippen LogP contribution in [0.4, 0.5) is 0 Å². The third-order valence-corrected chi connectivity index (χ3v) is 4.26. The molecule has 4 heteroatoms. The number of rotatable bonds is 8. The molecule has 1 atom stereocenters. The highest BCUT2D eigenvalue weighted by Crippen LogP contribution is 2.33. The summed E-state index contributed by atoms with van der Waals surface area (Å²) in [6, 6.07) is -0.278. The summed E-state index contributed by atoms with van der Waals surface area (Å²) in [6.07, 6.45) is 8.07. The van der Waals surface area contributed by atoms with Crippen LogP contribution in [0, 0.1) is 11.8 Å². The number of hydrogen-bond acceptors (Lipinski definition) is 3. The topological polar surface area (TPSA) is 46.3 Å². The Morgan fingerprint density at radius 3 is 2.24 bits per heavy atom. The molecule has 3 nitrogen and oxygen atoms in total. The van der Waals surface area contributed by atoms with Crippen LogP contribution in [0.5, 0.6) is 0 Å². The van der Waals surface area contributed by atoms with E-state index < -0.39 is 0 Å². The average molecular weight is 256 g/mol. The van der Waals surface area contributed by atoms with Crippen molar-refractivity contribution in [3.05, 3.63) is 0 Å². The minimum absolute atomic E-state index is 0.192. The Morgan fingerprint density at radius 2 is 1.82 bits per heavy atom. The average Bonchev–Trinajstić information content (AvgIpc) is 3.18. The molecule has 17 heavy (non-hydrogen) atoms. The third kappa shape index (κ3) is 4.51. The predicted octanol–water partition coefficient (Wildman–Crippen LogP) is 1.72. The molecule has 2 fully saturated rings. The van der Waals surface area contributed by atoms with Crippen molar-refractivity contribution in [2.24, 2.45) is 17.6 Å². The number of hydrogen-bond donors (Lipinski definition) is 1. The Hall–Kier alpha value is -0.220. The van der Waals surface area contributed by atoms with Crippen LogP contribution >= 0.6 is 11.8 Å². The molecule has 0 saturated heterocycles. The van der Waals surface area contributed by atoms with E-state index in [9.17, 15) is 4.79 Å². The normalized spacial score (nSPS) is 21.3. The molecule has 2 N–H and O–H groups in total. The van der Waals surface area contributed by atoms with Crippen LogP contribution in [0.1, 0.15) is 32.1 Å². The minimum atomic E-state index is -0.278. The largest absolute Gasteiger partial charge is 0.341 e. The second kappa shape index (κ2) is 6.10. The van der Waals surface area contributed by atoms with E-state index in [-0.39, 0.29) is 11.9 Å². The summed E-state index contributed by atoms with van der Waals surface area (Å²) in [6.45, 7) is 1.92. The predicted molar refractivity (Wildman–Crippen MR) is 73.0 cm³/mol. The van der Waals surface area contributed by atoms with E-state index in [2.05, 4.69) is 11.2 Å². The molecule has 0 unspecified atom stereocenters. The van der Waals surface area contributed by atoms with Gasteiger partial charge in [-0.3, -0.25) is 4.79 Å². The van der Waals surface area contributed by atoms with Crippen LogP contribution < -0.4 is 5.73 Å². The van der Waals surface area contributed by atoms with Crippen LogP contribution in [0.3, 0.4) is 0 Å². The van der Waals surface area contributed by atoms with Crippen molar-refractivity contribution >= 4 is 17.7 Å². The van der Waals surface area contributed by atoms with Gasteiger partial charge in [0.15, 0.2) is 0 Å². The first-order valence-corrected chi connectivity index (χ1v) is 8.13. The molecule has 2 saturated carbocycles. The van der Waals surface area contributed by atoms with Crippen molar-refractivity contribution in [2.45, 2.75) is 38.1 Å². The molecule has 2 aliphatic carbocycles. The van der Waals surface area contributed by atoms with E-state index in [0.717, 1.165) is 37.1 Å². The minimum Gasteiger partial charge on any atom is -0.341 e. The fourth-order valence-electron chi connectivity index (χ4n) is 2.08. The maximum Gasteiger partial charge on any atom is 0.239 e. The first-order chi connectivity index (χ1) is 8.20. The maximum absolute atomic E-state index is 12.3. The standard InChI is InChI=1S/C13H24N2OS/c1-17-7-6-12(14)13(16)15(8-10-2-3-10)9-11-4-5-11/h10-12H,2-9,14H2,1H3/t12-/m0/s1. The maximum atomic E-state index is 12.3. The van der Waals surface area contributed by atoms with Gasteiger partial charge in [-0.25, -0.2) is 0 Å². The highest BCUT2D eigenvalue weighted by atomic mass is 32.2. The van der Waals surface area contributed by atoms with Crippen molar-refractivity contribution in [2.75, 3.05) is 25.1 Å². The number of nitrogens with zero attached hydrogens (tertiary/aromatic N) is 1. The lowest BCUT2D eigenvalue weighted by atomic mass is 10.2. The van der Waals surface area contributed by atoms with Gasteiger partial charge in [-0.05, 0) is 55.9 Å². The first kappa shape index (κ1) is 13.2. The van der Waals surface area contributed by atoms with Gasteiger partial charge < -0.3 is 10.6 Å². The SMILES string of the molecule is CSCC[C@H](N)C(=O)N(CC1CC1)CC1CC1. The molecular weight excluding hydrogens is 232 g/mol. The molecule has 0 heterocycles. The van der Waals surface area contributed by atoms with E-state index >= 15 is 0 Å². The smallest absolute Gasteiger partial charge is 0.239 e. The highest BCUT2D eigenvalue weighted by Gasteiger charge is 2.32. The lowest BCUT2D eigenvalue weighted by Crippen LogP contribution is -2.45. The Kier molecular flexibility index (Phi) is 4.74. The van der Waals surface area contributed by atoms with Gasteiger partial charge in [0, 0.05) is 13.1 Å². The zero-order chi connectivity index (χ0) is 12.3. The van der Waals surface area contributed by atoms with Crippen molar-refractivity contribution < 1.29 is 4.79 Å². The van der Waals surface area contributed by atoms with Crippen LogP contribution in [0.2, 0.25) is 0 Å². The van der Waals surface area contributed by atoms with Gasteiger partial charge >= 0.3 is 0 Å². The molecule has 98 valence electrons. The molecule has 0 bridgehead atoms. The summed E-state index contributed by atoms with van der Waals surface area (Å²) < 4.78 is 0. The molecule has 0 aromatic carbocycles. The van der Waals surface area contributed by atoms with E-state index in [1.165, 1.54) is 25.7 Å². The Balaban J connectivity index is 1.80. The molecule has 0 aromatic heterocycles. The molecule has 2 aliphatic rings. The van der Waals surface area contributed by atoms with Gasteiger partial charge in [-0.1, -0.05) is 0 Å². The number of carbonyl (C=O) groups is 1. The van der Waals surface area contributed by atoms with Gasteiger partial charge in [-0.2, -0.15) is 11.8 Å². The summed E-state index contributed by atoms with van der Waals surface area (Å²) in [7, 11) is 0. The molecule has 0 aliphatic heterocycles. The lowest BCUT2D eigenvalue weighted by Gasteiger charge is -2.25. The van der Waals surface area contributed by atoms with Gasteiger partial charge in [0.1, 0.15) is 0 Å². The number of carbonyl (C=O) groups excluding carboxylic acids is 1. The summed E-state index contributed by atoms with van der Waals surface area (Å²) >= 11 is 1.76. The molecule has 0 spiro atoms. The van der Waals surface area contributed by atoms with E-state index in [0.29, 0.717) is 0 Å². The van der Waals surface area contributed by atoms with E-state index in [1.807, 2.05) is 0 Å². The fourth-order valence-corrected chi connectivity index (χ4v) is 2.57. The Morgan fingerprint density at radius 1 is 1.29 bits per heavy atom. The van der Waals surface area contributed by atoms with Gasteiger partial charge in [-0.15, -0.1) is 0 Å². The van der Waals surface area contributed by atoms with Crippen LogP contribution in [-0.2, 0) is 4.79 Å². The molecule has 0 aromatic rings. The monoisotopic (exact) mass is 256 g/mol. The van der Waals surface area contributed by atoms with Crippen LogP contribution in [-0.4, -0.2) is 41.9 Å². The van der Waals surface area contributed by atoms with E-state index in [1.54, 1.807) is 11.8 Å². The molecular formula is C13H24N2OS. The van der Waals surface area contributed by atoms with Gasteiger partial charge in [0.25, 0.3) is 0 Å². The van der Waals surface area contributed by atoms with E-state index in [4.69, 9.17) is 5.73 Å². The quantitative estimate of drug-likeness (QED) is 0.719. The number of amides is 1. The number of nitrogens with two attached hydrogens (primary N) is 1. The Labute approximate surface area is 108 Å². The number of thioether (sulfide) groups is 1. The fraction of sp³-hybridized carbons (Fsp3) is 0.923. The van der Waals surface area contributed by atoms with Gasteiger partial charge in [0.2, 0.25) is 5.91 Å². The molecule has 1 amide bonds.